The van der Waals surface area contributed by atoms with Gasteiger partial charge in [0.05, 0.1) is 26.9 Å². The van der Waals surface area contributed by atoms with Crippen LogP contribution in [0.5, 0.6) is 34.5 Å². The summed E-state index contributed by atoms with van der Waals surface area (Å²) in [5, 5.41) is 0. The molecule has 3 aromatic carbocycles. The summed E-state index contributed by atoms with van der Waals surface area (Å²) in [6.07, 6.45) is 1.49. The first-order valence-corrected chi connectivity index (χ1v) is 11.0. The number of nitrogens with zero attached hydrogens (tertiary/aromatic N) is 1. The number of cyclic esters (lactones) is 1. The molecule has 0 aliphatic carbocycles. The maximum absolute atomic E-state index is 13.0. The summed E-state index contributed by atoms with van der Waals surface area (Å²) in [5.41, 5.74) is 1.23. The van der Waals surface area contributed by atoms with Gasteiger partial charge in [-0.05, 0) is 42.5 Å². The van der Waals surface area contributed by atoms with Crippen molar-refractivity contribution in [2.45, 2.75) is 0 Å². The second kappa shape index (κ2) is 9.94. The lowest BCUT2D eigenvalue weighted by molar-refractivity contribution is -0.129. The van der Waals surface area contributed by atoms with E-state index in [1.54, 1.807) is 42.5 Å². The molecule has 0 fully saturated rings. The standard InChI is InChI=1S/C27H21NO9/c1-31-22-12-17(13-23(32-2)24(22)33-3)26(29)36-19-7-5-4-6-15(19)10-18-27(30)37-25(28-18)16-8-9-20-21(11-16)35-14-34-20/h4-13H,14H2,1-3H3/b18-10+. The van der Waals surface area contributed by atoms with Crippen molar-refractivity contribution in [3.8, 4) is 34.5 Å². The number of fused-ring (bicyclic) bond motifs is 1. The molecule has 0 aromatic heterocycles. The van der Waals surface area contributed by atoms with E-state index in [9.17, 15) is 9.59 Å². The van der Waals surface area contributed by atoms with Crippen LogP contribution in [0.4, 0.5) is 0 Å². The molecule has 0 atom stereocenters. The maximum Gasteiger partial charge on any atom is 0.363 e. The number of carbonyl (C=O) groups excluding carboxylic acids is 2. The number of methoxy groups -OCH3 is 3. The van der Waals surface area contributed by atoms with E-state index in [0.717, 1.165) is 0 Å². The van der Waals surface area contributed by atoms with E-state index in [4.69, 9.17) is 33.2 Å². The Kier molecular flexibility index (Phi) is 6.38. The van der Waals surface area contributed by atoms with E-state index in [1.165, 1.54) is 39.5 Å². The van der Waals surface area contributed by atoms with Gasteiger partial charge in [0, 0.05) is 11.1 Å². The van der Waals surface area contributed by atoms with Crippen LogP contribution in [0.25, 0.3) is 6.08 Å². The van der Waals surface area contributed by atoms with E-state index in [2.05, 4.69) is 4.99 Å². The molecule has 10 nitrogen and oxygen atoms in total. The molecular formula is C27H21NO9. The first kappa shape index (κ1) is 23.7. The minimum absolute atomic E-state index is 0.0453. The van der Waals surface area contributed by atoms with Crippen molar-refractivity contribution in [2.75, 3.05) is 28.1 Å². The van der Waals surface area contributed by atoms with Crippen LogP contribution in [0.1, 0.15) is 21.5 Å². The fourth-order valence-electron chi connectivity index (χ4n) is 3.76. The van der Waals surface area contributed by atoms with Crippen LogP contribution in [0, 0.1) is 0 Å². The largest absolute Gasteiger partial charge is 0.493 e. The average molecular weight is 503 g/mol. The van der Waals surface area contributed by atoms with Gasteiger partial charge in [-0.1, -0.05) is 18.2 Å². The van der Waals surface area contributed by atoms with Gasteiger partial charge < -0.3 is 33.2 Å². The van der Waals surface area contributed by atoms with Gasteiger partial charge in [0.2, 0.25) is 18.4 Å². The van der Waals surface area contributed by atoms with Gasteiger partial charge in [-0.15, -0.1) is 0 Å². The minimum atomic E-state index is -0.663. The number of carbonyl (C=O) groups is 2. The highest BCUT2D eigenvalue weighted by Gasteiger charge is 2.27. The normalized spacial score (nSPS) is 14.7. The molecule has 0 bridgehead atoms. The van der Waals surface area contributed by atoms with Crippen molar-refractivity contribution in [3.63, 3.8) is 0 Å². The van der Waals surface area contributed by atoms with E-state index in [1.807, 2.05) is 0 Å². The molecule has 0 saturated heterocycles. The minimum Gasteiger partial charge on any atom is -0.493 e. The highest BCUT2D eigenvalue weighted by atomic mass is 16.7. The van der Waals surface area contributed by atoms with Gasteiger partial charge in [0.25, 0.3) is 0 Å². The summed E-state index contributed by atoms with van der Waals surface area (Å²) in [4.78, 5) is 29.9. The molecule has 2 aliphatic rings. The number of para-hydroxylation sites is 1. The zero-order valence-electron chi connectivity index (χ0n) is 20.1. The summed E-state index contributed by atoms with van der Waals surface area (Å²) >= 11 is 0. The highest BCUT2D eigenvalue weighted by Crippen LogP contribution is 2.39. The summed E-state index contributed by atoms with van der Waals surface area (Å²) in [5.74, 6) is 1.15. The van der Waals surface area contributed by atoms with Crippen LogP contribution in [0.15, 0.2) is 65.3 Å². The molecule has 3 aromatic rings. The van der Waals surface area contributed by atoms with Crippen LogP contribution in [-0.2, 0) is 9.53 Å². The molecule has 2 aliphatic heterocycles. The zero-order chi connectivity index (χ0) is 25.9. The predicted octanol–water partition coefficient (Wildman–Crippen LogP) is 4.00. The smallest absolute Gasteiger partial charge is 0.363 e. The molecule has 0 radical (unpaired) electrons. The lowest BCUT2D eigenvalue weighted by Crippen LogP contribution is -2.10. The van der Waals surface area contributed by atoms with Crippen molar-refractivity contribution < 1.29 is 42.7 Å². The van der Waals surface area contributed by atoms with Crippen molar-refractivity contribution in [1.82, 2.24) is 0 Å². The molecule has 0 spiro atoms. The summed E-state index contributed by atoms with van der Waals surface area (Å²) in [6.45, 7) is 0.127. The van der Waals surface area contributed by atoms with Gasteiger partial charge in [-0.25, -0.2) is 14.6 Å². The Hall–Kier alpha value is -4.99. The second-order valence-electron chi connectivity index (χ2n) is 7.75. The molecular weight excluding hydrogens is 482 g/mol. The van der Waals surface area contributed by atoms with Gasteiger partial charge in [0.15, 0.2) is 28.7 Å². The molecule has 5 rings (SSSR count). The second-order valence-corrected chi connectivity index (χ2v) is 7.75. The molecule has 37 heavy (non-hydrogen) atoms. The Bertz CT molecular complexity index is 1430. The molecule has 10 heteroatoms. The molecule has 188 valence electrons. The number of rotatable bonds is 7. The van der Waals surface area contributed by atoms with Gasteiger partial charge in [0.1, 0.15) is 5.75 Å². The SMILES string of the molecule is COc1cc(C(=O)Oc2ccccc2/C=C2/N=C(c3ccc4c(c3)OCO4)OC2=O)cc(OC)c1OC. The number of ether oxygens (including phenoxy) is 7. The van der Waals surface area contributed by atoms with E-state index >= 15 is 0 Å². The van der Waals surface area contributed by atoms with Crippen molar-refractivity contribution in [1.29, 1.82) is 0 Å². The van der Waals surface area contributed by atoms with Gasteiger partial charge in [-0.2, -0.15) is 0 Å². The number of esters is 2. The Balaban J connectivity index is 1.42. The van der Waals surface area contributed by atoms with Gasteiger partial charge in [-0.3, -0.25) is 0 Å². The van der Waals surface area contributed by atoms with Crippen LogP contribution < -0.4 is 28.4 Å². The fourth-order valence-corrected chi connectivity index (χ4v) is 3.76. The molecule has 0 amide bonds. The lowest BCUT2D eigenvalue weighted by atomic mass is 10.1. The Morgan fingerprint density at radius 1 is 0.892 bits per heavy atom. The fraction of sp³-hybridized carbons (Fsp3) is 0.148. The summed E-state index contributed by atoms with van der Waals surface area (Å²) < 4.78 is 37.6. The quantitative estimate of drug-likeness (QED) is 0.268. The summed E-state index contributed by atoms with van der Waals surface area (Å²) in [7, 11) is 4.37. The number of hydrogen-bond acceptors (Lipinski definition) is 10. The van der Waals surface area contributed by atoms with Crippen LogP contribution in [0.3, 0.4) is 0 Å². The third kappa shape index (κ3) is 4.64. The Morgan fingerprint density at radius 2 is 1.62 bits per heavy atom. The molecule has 0 N–H and O–H groups in total. The molecule has 0 unspecified atom stereocenters. The van der Waals surface area contributed by atoms with E-state index in [0.29, 0.717) is 39.9 Å². The Labute approximate surface area is 211 Å². The van der Waals surface area contributed by atoms with Crippen molar-refractivity contribution in [2.24, 2.45) is 4.99 Å². The average Bonchev–Trinajstić information content (AvgIpc) is 3.54. The van der Waals surface area contributed by atoms with E-state index < -0.39 is 11.9 Å². The predicted molar refractivity (Wildman–Crippen MR) is 131 cm³/mol. The Morgan fingerprint density at radius 3 is 2.35 bits per heavy atom. The van der Waals surface area contributed by atoms with Crippen LogP contribution in [-0.4, -0.2) is 46.0 Å². The number of benzene rings is 3. The van der Waals surface area contributed by atoms with Crippen LogP contribution in [0.2, 0.25) is 0 Å². The van der Waals surface area contributed by atoms with Crippen LogP contribution >= 0.6 is 0 Å². The number of hydrogen-bond donors (Lipinski definition) is 0. The third-order valence-corrected chi connectivity index (χ3v) is 5.55. The molecule has 2 heterocycles. The molecule has 0 saturated carbocycles. The topological polar surface area (TPSA) is 111 Å². The highest BCUT2D eigenvalue weighted by molar-refractivity contribution is 6.13. The van der Waals surface area contributed by atoms with Crippen molar-refractivity contribution in [3.05, 3.63) is 77.0 Å². The first-order valence-electron chi connectivity index (χ1n) is 11.0. The van der Waals surface area contributed by atoms with Crippen molar-refractivity contribution >= 4 is 23.9 Å². The third-order valence-electron chi connectivity index (χ3n) is 5.55. The number of aliphatic imine (C=N–C) groups is 1. The summed E-state index contributed by atoms with van der Waals surface area (Å²) in [6, 6.07) is 14.8. The van der Waals surface area contributed by atoms with Gasteiger partial charge >= 0.3 is 11.9 Å². The lowest BCUT2D eigenvalue weighted by Gasteiger charge is -2.14. The first-order chi connectivity index (χ1) is 18.0. The maximum atomic E-state index is 13.0. The van der Waals surface area contributed by atoms with E-state index in [-0.39, 0.29) is 29.7 Å². The zero-order valence-corrected chi connectivity index (χ0v) is 20.1. The monoisotopic (exact) mass is 503 g/mol.